The molecule has 1 aliphatic rings. The quantitative estimate of drug-likeness (QED) is 0.301. The normalized spacial score (nSPS) is 16.4. The van der Waals surface area contributed by atoms with Crippen molar-refractivity contribution in [3.8, 4) is 5.69 Å². The third-order valence-corrected chi connectivity index (χ3v) is 6.47. The maximum atomic E-state index is 11.9. The Labute approximate surface area is 210 Å². The van der Waals surface area contributed by atoms with Gasteiger partial charge in [-0.25, -0.2) is 9.97 Å². The lowest BCUT2D eigenvalue weighted by atomic mass is 10.1. The van der Waals surface area contributed by atoms with Crippen LogP contribution >= 0.6 is 23.2 Å². The minimum absolute atomic E-state index is 0.152. The summed E-state index contributed by atoms with van der Waals surface area (Å²) in [4.78, 5) is 23.5. The van der Waals surface area contributed by atoms with Gasteiger partial charge in [-0.3, -0.25) is 4.79 Å². The number of fused-ring (bicyclic) bond motifs is 1. The van der Waals surface area contributed by atoms with Gasteiger partial charge < -0.3 is 18.9 Å². The molecule has 9 heteroatoms. The number of imidazole rings is 1. The summed E-state index contributed by atoms with van der Waals surface area (Å²) in [5.74, 6) is 0.565. The third kappa shape index (κ3) is 5.65. The lowest BCUT2D eigenvalue weighted by Gasteiger charge is -2.27. The average molecular weight is 505 g/mol. The summed E-state index contributed by atoms with van der Waals surface area (Å²) in [6, 6.07) is 5.94. The van der Waals surface area contributed by atoms with E-state index in [1.165, 1.54) is 0 Å². The van der Waals surface area contributed by atoms with Crippen molar-refractivity contribution in [1.82, 2.24) is 14.5 Å². The number of hydrogen-bond acceptors (Lipinski definition) is 6. The fourth-order valence-electron chi connectivity index (χ4n) is 4.19. The van der Waals surface area contributed by atoms with Crippen molar-refractivity contribution >= 4 is 45.9 Å². The zero-order chi connectivity index (χ0) is 24.5. The van der Waals surface area contributed by atoms with Gasteiger partial charge in [0.25, 0.3) is 0 Å². The summed E-state index contributed by atoms with van der Waals surface area (Å²) in [7, 11) is 0. The molecule has 2 aromatic heterocycles. The number of halogens is 2. The summed E-state index contributed by atoms with van der Waals surface area (Å²) in [5, 5.41) is 1.80. The fraction of sp³-hybridized carbons (Fsp3) is 0.480. The number of ether oxygens (including phenoxy) is 2. The Morgan fingerprint density at radius 3 is 2.76 bits per heavy atom. The van der Waals surface area contributed by atoms with E-state index >= 15 is 0 Å². The molecular formula is C25H30Cl2N4O3. The third-order valence-electron chi connectivity index (χ3n) is 5.68. The first-order chi connectivity index (χ1) is 16.1. The minimum Gasteiger partial charge on any atom is -0.460 e. The molecule has 0 aliphatic carbocycles. The van der Waals surface area contributed by atoms with Crippen LogP contribution in [0.5, 0.6) is 0 Å². The van der Waals surface area contributed by atoms with E-state index in [9.17, 15) is 4.79 Å². The second-order valence-corrected chi connectivity index (χ2v) is 10.4. The molecule has 3 aromatic rings. The Morgan fingerprint density at radius 2 is 2.06 bits per heavy atom. The molecule has 0 N–H and O–H groups in total. The largest absolute Gasteiger partial charge is 0.460 e. The van der Waals surface area contributed by atoms with Gasteiger partial charge in [0.1, 0.15) is 11.4 Å². The molecule has 1 fully saturated rings. The molecule has 0 bridgehead atoms. The number of benzene rings is 1. The highest BCUT2D eigenvalue weighted by Crippen LogP contribution is 2.36. The van der Waals surface area contributed by atoms with Gasteiger partial charge in [0.15, 0.2) is 0 Å². The van der Waals surface area contributed by atoms with Gasteiger partial charge in [0, 0.05) is 24.2 Å². The van der Waals surface area contributed by atoms with Gasteiger partial charge in [-0.2, -0.15) is 0 Å². The van der Waals surface area contributed by atoms with Gasteiger partial charge in [-0.1, -0.05) is 23.2 Å². The van der Waals surface area contributed by atoms with E-state index in [1.54, 1.807) is 12.4 Å². The SMILES string of the molecule is Cc1cn(-c2cc(N3CCC[C@H]3COCCC(=O)OC(C)(C)C)nc3c(Cl)c(Cl)ccc23)cn1. The maximum absolute atomic E-state index is 11.9. The van der Waals surface area contributed by atoms with E-state index in [2.05, 4.69) is 16.0 Å². The summed E-state index contributed by atoms with van der Waals surface area (Å²) < 4.78 is 13.2. The lowest BCUT2D eigenvalue weighted by Crippen LogP contribution is -2.34. The maximum Gasteiger partial charge on any atom is 0.308 e. The van der Waals surface area contributed by atoms with Crippen molar-refractivity contribution in [2.75, 3.05) is 24.7 Å². The predicted octanol–water partition coefficient (Wildman–Crippen LogP) is 5.75. The smallest absolute Gasteiger partial charge is 0.308 e. The fourth-order valence-corrected chi connectivity index (χ4v) is 4.55. The highest BCUT2D eigenvalue weighted by Gasteiger charge is 2.27. The summed E-state index contributed by atoms with van der Waals surface area (Å²) in [5.41, 5.74) is 2.03. The van der Waals surface area contributed by atoms with Crippen LogP contribution in [0.15, 0.2) is 30.7 Å². The van der Waals surface area contributed by atoms with E-state index in [4.69, 9.17) is 37.7 Å². The predicted molar refractivity (Wildman–Crippen MR) is 135 cm³/mol. The van der Waals surface area contributed by atoms with Crippen LogP contribution in [0, 0.1) is 6.92 Å². The van der Waals surface area contributed by atoms with Crippen LogP contribution < -0.4 is 4.90 Å². The molecule has 0 unspecified atom stereocenters. The molecule has 34 heavy (non-hydrogen) atoms. The Balaban J connectivity index is 1.55. The van der Waals surface area contributed by atoms with Crippen LogP contribution in [0.2, 0.25) is 10.0 Å². The molecule has 0 amide bonds. The number of anilines is 1. The molecule has 0 radical (unpaired) electrons. The molecule has 0 saturated carbocycles. The molecule has 0 spiro atoms. The monoisotopic (exact) mass is 504 g/mol. The van der Waals surface area contributed by atoms with Crippen molar-refractivity contribution in [2.45, 2.75) is 58.6 Å². The minimum atomic E-state index is -0.489. The van der Waals surface area contributed by atoms with Gasteiger partial charge in [0.2, 0.25) is 0 Å². The van der Waals surface area contributed by atoms with Crippen molar-refractivity contribution in [1.29, 1.82) is 0 Å². The van der Waals surface area contributed by atoms with Crippen LogP contribution in [0.4, 0.5) is 5.82 Å². The summed E-state index contributed by atoms with van der Waals surface area (Å²) in [6.07, 6.45) is 6.01. The Bertz CT molecular complexity index is 1190. The van der Waals surface area contributed by atoms with Gasteiger partial charge in [-0.05, 0) is 52.7 Å². The molecule has 1 atom stereocenters. The number of nitrogens with zero attached hydrogens (tertiary/aromatic N) is 4. The number of pyridine rings is 1. The van der Waals surface area contributed by atoms with E-state index in [-0.39, 0.29) is 18.4 Å². The second kappa shape index (κ2) is 10.1. The van der Waals surface area contributed by atoms with Crippen molar-refractivity contribution < 1.29 is 14.3 Å². The average Bonchev–Trinajstić information content (AvgIpc) is 3.41. The first-order valence-electron chi connectivity index (χ1n) is 11.5. The first-order valence-corrected chi connectivity index (χ1v) is 12.2. The van der Waals surface area contributed by atoms with Gasteiger partial charge in [-0.15, -0.1) is 0 Å². The van der Waals surface area contributed by atoms with E-state index in [0.717, 1.165) is 42.0 Å². The molecule has 182 valence electrons. The molecule has 4 rings (SSSR count). The van der Waals surface area contributed by atoms with Crippen molar-refractivity contribution in [3.05, 3.63) is 46.5 Å². The molecule has 1 saturated heterocycles. The molecule has 1 aromatic carbocycles. The zero-order valence-electron chi connectivity index (χ0n) is 20.0. The Morgan fingerprint density at radius 1 is 1.26 bits per heavy atom. The Kier molecular flexibility index (Phi) is 7.36. The van der Waals surface area contributed by atoms with E-state index in [0.29, 0.717) is 28.8 Å². The number of hydrogen-bond donors (Lipinski definition) is 0. The number of aryl methyl sites for hydroxylation is 1. The van der Waals surface area contributed by atoms with Crippen LogP contribution in [0.1, 0.15) is 45.7 Å². The van der Waals surface area contributed by atoms with Crippen molar-refractivity contribution in [2.24, 2.45) is 0 Å². The molecule has 7 nitrogen and oxygen atoms in total. The van der Waals surface area contributed by atoms with Crippen LogP contribution in [-0.2, 0) is 14.3 Å². The highest BCUT2D eigenvalue weighted by atomic mass is 35.5. The number of esters is 1. The van der Waals surface area contributed by atoms with Crippen LogP contribution in [0.25, 0.3) is 16.6 Å². The second-order valence-electron chi connectivity index (χ2n) is 9.58. The molecular weight excluding hydrogens is 475 g/mol. The molecule has 1 aliphatic heterocycles. The first kappa shape index (κ1) is 24.8. The standard InChI is InChI=1S/C25H30Cl2N4O3/c1-16-13-30(15-28-16)20-12-21(29-24-18(20)7-8-19(26)23(24)27)31-10-5-6-17(31)14-33-11-9-22(32)34-25(2,3)4/h7-8,12-13,15,17H,5-6,9-11,14H2,1-4H3/t17-/m0/s1. The summed E-state index contributed by atoms with van der Waals surface area (Å²) in [6.45, 7) is 9.22. The number of carbonyl (C=O) groups excluding carboxylic acids is 1. The number of carbonyl (C=O) groups is 1. The van der Waals surface area contributed by atoms with Crippen molar-refractivity contribution in [3.63, 3.8) is 0 Å². The summed E-state index contributed by atoms with van der Waals surface area (Å²) >= 11 is 12.9. The van der Waals surface area contributed by atoms with E-state index in [1.807, 2.05) is 44.5 Å². The zero-order valence-corrected chi connectivity index (χ0v) is 21.5. The van der Waals surface area contributed by atoms with Gasteiger partial charge >= 0.3 is 5.97 Å². The lowest BCUT2D eigenvalue weighted by molar-refractivity contribution is -0.156. The van der Waals surface area contributed by atoms with Gasteiger partial charge in [0.05, 0.1) is 58.9 Å². The van der Waals surface area contributed by atoms with Crippen LogP contribution in [0.3, 0.4) is 0 Å². The topological polar surface area (TPSA) is 69.5 Å². The number of rotatable bonds is 7. The number of aromatic nitrogens is 3. The van der Waals surface area contributed by atoms with E-state index < -0.39 is 5.60 Å². The Hall–Kier alpha value is -2.35. The molecule has 3 heterocycles. The highest BCUT2D eigenvalue weighted by molar-refractivity contribution is 6.45. The van der Waals surface area contributed by atoms with Crippen LogP contribution in [-0.4, -0.2) is 51.9 Å².